The van der Waals surface area contributed by atoms with Crippen molar-refractivity contribution in [3.63, 3.8) is 0 Å². The molecule has 0 atom stereocenters. The van der Waals surface area contributed by atoms with E-state index >= 15 is 0 Å². The topological polar surface area (TPSA) is 29.3 Å². The van der Waals surface area contributed by atoms with Crippen LogP contribution < -0.4 is 10.6 Å². The Kier molecular flexibility index (Phi) is 1.65. The van der Waals surface area contributed by atoms with Crippen LogP contribution in [0.1, 0.15) is 0 Å². The number of para-hydroxylation sites is 2. The molecule has 1 aromatic rings. The Morgan fingerprint density at radius 1 is 1.23 bits per heavy atom. The van der Waals surface area contributed by atoms with E-state index in [1.807, 2.05) is 0 Å². The maximum atomic E-state index is 12.5. The first kappa shape index (κ1) is 8.29. The molecule has 2 nitrogen and oxygen atoms in total. The number of alkyl halides is 2. The summed E-state index contributed by atoms with van der Waals surface area (Å²) in [4.78, 5) is 1.58. The summed E-state index contributed by atoms with van der Waals surface area (Å²) >= 11 is 0. The maximum Gasteiger partial charge on any atom is 0.282 e. The van der Waals surface area contributed by atoms with Gasteiger partial charge in [-0.25, -0.2) is 8.78 Å². The second-order valence-corrected chi connectivity index (χ2v) is 3.27. The lowest BCUT2D eigenvalue weighted by molar-refractivity contribution is -0.0261. The summed E-state index contributed by atoms with van der Waals surface area (Å²) in [6.45, 7) is -0.442. The van der Waals surface area contributed by atoms with Crippen LogP contribution in [0.15, 0.2) is 24.3 Å². The molecule has 1 aliphatic rings. The van der Waals surface area contributed by atoms with Gasteiger partial charge in [-0.2, -0.15) is 0 Å². The molecule has 1 aliphatic heterocycles. The largest absolute Gasteiger partial charge is 0.397 e. The van der Waals surface area contributed by atoms with Gasteiger partial charge in [0.15, 0.2) is 0 Å². The zero-order valence-corrected chi connectivity index (χ0v) is 7.00. The minimum Gasteiger partial charge on any atom is -0.397 e. The molecule has 0 bridgehead atoms. The van der Waals surface area contributed by atoms with Crippen molar-refractivity contribution < 1.29 is 8.78 Å². The predicted octanol–water partition coefficient (Wildman–Crippen LogP) is 1.72. The zero-order valence-electron chi connectivity index (χ0n) is 7.00. The number of nitrogens with zero attached hydrogens (tertiary/aromatic N) is 1. The Morgan fingerprint density at radius 2 is 1.85 bits per heavy atom. The maximum absolute atomic E-state index is 12.5. The first-order valence-electron chi connectivity index (χ1n) is 4.06. The molecular formula is C9H10F2N2. The van der Waals surface area contributed by atoms with Crippen molar-refractivity contribution in [2.45, 2.75) is 5.92 Å². The summed E-state index contributed by atoms with van der Waals surface area (Å²) < 4.78 is 25.0. The summed E-state index contributed by atoms with van der Waals surface area (Å²) in [6.07, 6.45) is 0. The molecule has 1 saturated heterocycles. The molecule has 0 radical (unpaired) electrons. The minimum atomic E-state index is -2.54. The highest BCUT2D eigenvalue weighted by Gasteiger charge is 2.44. The van der Waals surface area contributed by atoms with E-state index in [1.165, 1.54) is 0 Å². The zero-order chi connectivity index (χ0) is 9.47. The normalized spacial score (nSPS) is 19.7. The quantitative estimate of drug-likeness (QED) is 0.673. The number of rotatable bonds is 1. The van der Waals surface area contributed by atoms with Crippen LogP contribution in [0.25, 0.3) is 0 Å². The van der Waals surface area contributed by atoms with E-state index < -0.39 is 5.92 Å². The molecular weight excluding hydrogens is 174 g/mol. The SMILES string of the molecule is Nc1ccccc1N1CC(F)(F)C1. The van der Waals surface area contributed by atoms with Crippen LogP contribution in [0.2, 0.25) is 0 Å². The molecule has 0 spiro atoms. The molecule has 13 heavy (non-hydrogen) atoms. The van der Waals surface area contributed by atoms with Gasteiger partial charge in [0.1, 0.15) is 0 Å². The van der Waals surface area contributed by atoms with E-state index in [1.54, 1.807) is 29.2 Å². The van der Waals surface area contributed by atoms with Crippen molar-refractivity contribution in [2.24, 2.45) is 0 Å². The van der Waals surface area contributed by atoms with Crippen LogP contribution in [0.3, 0.4) is 0 Å². The van der Waals surface area contributed by atoms with Gasteiger partial charge in [0.25, 0.3) is 5.92 Å². The van der Waals surface area contributed by atoms with Gasteiger partial charge in [-0.1, -0.05) is 12.1 Å². The number of anilines is 2. The third-order valence-corrected chi connectivity index (χ3v) is 2.12. The van der Waals surface area contributed by atoms with Crippen LogP contribution in [-0.2, 0) is 0 Å². The van der Waals surface area contributed by atoms with Crippen molar-refractivity contribution in [1.82, 2.24) is 0 Å². The molecule has 2 rings (SSSR count). The van der Waals surface area contributed by atoms with E-state index in [4.69, 9.17) is 5.73 Å². The van der Waals surface area contributed by atoms with Gasteiger partial charge in [-0.15, -0.1) is 0 Å². The third kappa shape index (κ3) is 1.43. The Labute approximate surface area is 75.0 Å². The van der Waals surface area contributed by atoms with E-state index in [-0.39, 0.29) is 13.1 Å². The van der Waals surface area contributed by atoms with Crippen LogP contribution in [0.4, 0.5) is 20.2 Å². The highest BCUT2D eigenvalue weighted by Crippen LogP contribution is 2.34. The summed E-state index contributed by atoms with van der Waals surface area (Å²) in [6, 6.07) is 7.05. The fourth-order valence-corrected chi connectivity index (χ4v) is 1.46. The number of hydrogen-bond acceptors (Lipinski definition) is 2. The van der Waals surface area contributed by atoms with Gasteiger partial charge in [0.05, 0.1) is 24.5 Å². The van der Waals surface area contributed by atoms with Gasteiger partial charge in [0.2, 0.25) is 0 Å². The molecule has 0 aliphatic carbocycles. The van der Waals surface area contributed by atoms with E-state index in [0.717, 1.165) is 0 Å². The summed E-state index contributed by atoms with van der Waals surface area (Å²) in [5, 5.41) is 0. The minimum absolute atomic E-state index is 0.221. The number of hydrogen-bond donors (Lipinski definition) is 1. The van der Waals surface area contributed by atoms with Crippen LogP contribution in [0.5, 0.6) is 0 Å². The standard InChI is InChI=1S/C9H10F2N2/c10-9(11)5-13(6-9)8-4-2-1-3-7(8)12/h1-4H,5-6,12H2. The van der Waals surface area contributed by atoms with Crippen molar-refractivity contribution in [1.29, 1.82) is 0 Å². The molecule has 0 aromatic heterocycles. The van der Waals surface area contributed by atoms with Crippen LogP contribution in [0, 0.1) is 0 Å². The Balaban J connectivity index is 2.16. The highest BCUT2D eigenvalue weighted by molar-refractivity contribution is 5.68. The van der Waals surface area contributed by atoms with Crippen LogP contribution >= 0.6 is 0 Å². The smallest absolute Gasteiger partial charge is 0.282 e. The molecule has 4 heteroatoms. The lowest BCUT2D eigenvalue weighted by atomic mass is 10.1. The van der Waals surface area contributed by atoms with Crippen molar-refractivity contribution in [2.75, 3.05) is 23.7 Å². The molecule has 0 amide bonds. The molecule has 0 saturated carbocycles. The van der Waals surface area contributed by atoms with Crippen molar-refractivity contribution in [3.05, 3.63) is 24.3 Å². The third-order valence-electron chi connectivity index (χ3n) is 2.12. The molecule has 2 N–H and O–H groups in total. The Bertz CT molecular complexity index is 317. The number of nitrogens with two attached hydrogens (primary N) is 1. The van der Waals surface area contributed by atoms with Gasteiger partial charge in [0, 0.05) is 0 Å². The summed E-state index contributed by atoms with van der Waals surface area (Å²) in [7, 11) is 0. The molecule has 1 fully saturated rings. The molecule has 70 valence electrons. The van der Waals surface area contributed by atoms with Gasteiger partial charge >= 0.3 is 0 Å². The highest BCUT2D eigenvalue weighted by atomic mass is 19.3. The first-order chi connectivity index (χ1) is 6.08. The summed E-state index contributed by atoms with van der Waals surface area (Å²) in [5.41, 5.74) is 6.89. The van der Waals surface area contributed by atoms with E-state index in [9.17, 15) is 8.78 Å². The Hall–Kier alpha value is -1.32. The predicted molar refractivity (Wildman–Crippen MR) is 48.0 cm³/mol. The van der Waals surface area contributed by atoms with Gasteiger partial charge < -0.3 is 10.6 Å². The second-order valence-electron chi connectivity index (χ2n) is 3.27. The average molecular weight is 184 g/mol. The van der Waals surface area contributed by atoms with Crippen molar-refractivity contribution >= 4 is 11.4 Å². The van der Waals surface area contributed by atoms with E-state index in [2.05, 4.69) is 0 Å². The number of halogens is 2. The second kappa shape index (κ2) is 2.58. The van der Waals surface area contributed by atoms with Gasteiger partial charge in [-0.3, -0.25) is 0 Å². The van der Waals surface area contributed by atoms with Gasteiger partial charge in [-0.05, 0) is 12.1 Å². The molecule has 1 aromatic carbocycles. The molecule has 0 unspecified atom stereocenters. The number of benzene rings is 1. The molecule has 1 heterocycles. The monoisotopic (exact) mass is 184 g/mol. The van der Waals surface area contributed by atoms with Crippen molar-refractivity contribution in [3.8, 4) is 0 Å². The summed E-state index contributed by atoms with van der Waals surface area (Å²) in [5.74, 6) is -2.54. The average Bonchev–Trinajstić information content (AvgIpc) is 2.01. The van der Waals surface area contributed by atoms with E-state index in [0.29, 0.717) is 11.4 Å². The first-order valence-corrected chi connectivity index (χ1v) is 4.06. The fraction of sp³-hybridized carbons (Fsp3) is 0.333. The Morgan fingerprint density at radius 3 is 2.38 bits per heavy atom. The lowest BCUT2D eigenvalue weighted by Crippen LogP contribution is -2.56. The fourth-order valence-electron chi connectivity index (χ4n) is 1.46. The number of nitrogen functional groups attached to an aromatic ring is 1. The lowest BCUT2D eigenvalue weighted by Gasteiger charge is -2.40. The van der Waals surface area contributed by atoms with Crippen LogP contribution in [-0.4, -0.2) is 19.0 Å².